The summed E-state index contributed by atoms with van der Waals surface area (Å²) in [4.78, 5) is 13.5. The van der Waals surface area contributed by atoms with Crippen LogP contribution in [0.2, 0.25) is 0 Å². The molecule has 1 atom stereocenters. The standard InChI is InChI=1S/C12H25NO3/c1-6-15-12(14)11(4)9-13(5)7-8-16-10(2)3/h10-11H,6-9H2,1-5H3. The van der Waals surface area contributed by atoms with Crippen LogP contribution in [0.25, 0.3) is 0 Å². The summed E-state index contributed by atoms with van der Waals surface area (Å²) in [5, 5.41) is 0. The van der Waals surface area contributed by atoms with E-state index >= 15 is 0 Å². The van der Waals surface area contributed by atoms with Crippen molar-refractivity contribution in [2.45, 2.75) is 33.8 Å². The van der Waals surface area contributed by atoms with E-state index in [-0.39, 0.29) is 18.0 Å². The number of rotatable bonds is 8. The average molecular weight is 231 g/mol. The lowest BCUT2D eigenvalue weighted by atomic mass is 10.2. The molecular weight excluding hydrogens is 206 g/mol. The molecular formula is C12H25NO3. The van der Waals surface area contributed by atoms with Crippen molar-refractivity contribution in [3.05, 3.63) is 0 Å². The van der Waals surface area contributed by atoms with Crippen LogP contribution < -0.4 is 0 Å². The summed E-state index contributed by atoms with van der Waals surface area (Å²) in [5.74, 6) is -0.205. The maximum Gasteiger partial charge on any atom is 0.309 e. The molecule has 0 bridgehead atoms. The summed E-state index contributed by atoms with van der Waals surface area (Å²) in [7, 11) is 1.99. The third kappa shape index (κ3) is 7.65. The van der Waals surface area contributed by atoms with Gasteiger partial charge in [0.25, 0.3) is 0 Å². The molecule has 0 aliphatic heterocycles. The van der Waals surface area contributed by atoms with Crippen LogP contribution in [-0.4, -0.2) is 50.3 Å². The van der Waals surface area contributed by atoms with Crippen molar-refractivity contribution in [2.24, 2.45) is 5.92 Å². The zero-order valence-electron chi connectivity index (χ0n) is 11.2. The molecule has 0 aliphatic rings. The summed E-state index contributed by atoms with van der Waals surface area (Å²) in [6, 6.07) is 0. The van der Waals surface area contributed by atoms with Gasteiger partial charge in [-0.2, -0.15) is 0 Å². The molecule has 96 valence electrons. The van der Waals surface area contributed by atoms with Crippen molar-refractivity contribution < 1.29 is 14.3 Å². The molecule has 0 aromatic heterocycles. The Kier molecular flexibility index (Phi) is 8.21. The quantitative estimate of drug-likeness (QED) is 0.594. The number of hydrogen-bond acceptors (Lipinski definition) is 4. The van der Waals surface area contributed by atoms with Gasteiger partial charge in [0, 0.05) is 13.1 Å². The van der Waals surface area contributed by atoms with Gasteiger partial charge >= 0.3 is 5.97 Å². The van der Waals surface area contributed by atoms with Crippen molar-refractivity contribution in [1.82, 2.24) is 4.90 Å². The number of carbonyl (C=O) groups excluding carboxylic acids is 1. The first-order chi connectivity index (χ1) is 7.47. The van der Waals surface area contributed by atoms with Gasteiger partial charge in [-0.05, 0) is 27.8 Å². The fourth-order valence-corrected chi connectivity index (χ4v) is 1.36. The van der Waals surface area contributed by atoms with Crippen LogP contribution in [-0.2, 0) is 14.3 Å². The Morgan fingerprint density at radius 3 is 2.44 bits per heavy atom. The highest BCUT2D eigenvalue weighted by molar-refractivity contribution is 5.72. The zero-order chi connectivity index (χ0) is 12.6. The molecule has 0 heterocycles. The van der Waals surface area contributed by atoms with Gasteiger partial charge in [0.05, 0.1) is 25.2 Å². The third-order valence-corrected chi connectivity index (χ3v) is 2.20. The smallest absolute Gasteiger partial charge is 0.309 e. The molecule has 0 aromatic rings. The highest BCUT2D eigenvalue weighted by atomic mass is 16.5. The maximum atomic E-state index is 11.4. The lowest BCUT2D eigenvalue weighted by Crippen LogP contribution is -2.32. The van der Waals surface area contributed by atoms with E-state index in [1.165, 1.54) is 0 Å². The largest absolute Gasteiger partial charge is 0.466 e. The van der Waals surface area contributed by atoms with Gasteiger partial charge in [-0.15, -0.1) is 0 Å². The Labute approximate surface area is 98.9 Å². The van der Waals surface area contributed by atoms with Gasteiger partial charge in [0.2, 0.25) is 0 Å². The molecule has 0 rings (SSSR count). The summed E-state index contributed by atoms with van der Waals surface area (Å²) < 4.78 is 10.4. The lowest BCUT2D eigenvalue weighted by Gasteiger charge is -2.20. The number of likely N-dealkylation sites (N-methyl/N-ethyl adjacent to an activating group) is 1. The molecule has 0 aliphatic carbocycles. The Morgan fingerprint density at radius 2 is 1.94 bits per heavy atom. The Balaban J connectivity index is 3.69. The molecule has 1 unspecified atom stereocenters. The molecule has 0 amide bonds. The third-order valence-electron chi connectivity index (χ3n) is 2.20. The van der Waals surface area contributed by atoms with Crippen molar-refractivity contribution in [3.8, 4) is 0 Å². The van der Waals surface area contributed by atoms with E-state index in [9.17, 15) is 4.79 Å². The number of ether oxygens (including phenoxy) is 2. The van der Waals surface area contributed by atoms with Crippen molar-refractivity contribution >= 4 is 5.97 Å². The van der Waals surface area contributed by atoms with Crippen molar-refractivity contribution in [1.29, 1.82) is 0 Å². The van der Waals surface area contributed by atoms with Gasteiger partial charge in [0.1, 0.15) is 0 Å². The molecule has 0 saturated heterocycles. The van der Waals surface area contributed by atoms with Crippen LogP contribution in [0.5, 0.6) is 0 Å². The molecule has 0 fully saturated rings. The first-order valence-corrected chi connectivity index (χ1v) is 5.94. The average Bonchev–Trinajstić information content (AvgIpc) is 2.17. The van der Waals surface area contributed by atoms with E-state index in [0.717, 1.165) is 6.54 Å². The van der Waals surface area contributed by atoms with Crippen LogP contribution in [0, 0.1) is 5.92 Å². The van der Waals surface area contributed by atoms with Crippen LogP contribution in [0.1, 0.15) is 27.7 Å². The molecule has 0 spiro atoms. The van der Waals surface area contributed by atoms with Crippen LogP contribution in [0.3, 0.4) is 0 Å². The topological polar surface area (TPSA) is 38.8 Å². The molecule has 0 radical (unpaired) electrons. The minimum atomic E-state index is -0.126. The van der Waals surface area contributed by atoms with Gasteiger partial charge in [-0.25, -0.2) is 0 Å². The van der Waals surface area contributed by atoms with Gasteiger partial charge < -0.3 is 14.4 Å². The van der Waals surface area contributed by atoms with E-state index < -0.39 is 0 Å². The van der Waals surface area contributed by atoms with Crippen molar-refractivity contribution in [2.75, 3.05) is 33.4 Å². The Hall–Kier alpha value is -0.610. The van der Waals surface area contributed by atoms with E-state index in [2.05, 4.69) is 4.90 Å². The lowest BCUT2D eigenvalue weighted by molar-refractivity contribution is -0.148. The van der Waals surface area contributed by atoms with Gasteiger partial charge in [0.15, 0.2) is 0 Å². The summed E-state index contributed by atoms with van der Waals surface area (Å²) >= 11 is 0. The number of nitrogens with zero attached hydrogens (tertiary/aromatic N) is 1. The minimum Gasteiger partial charge on any atom is -0.466 e. The predicted molar refractivity (Wildman–Crippen MR) is 64.4 cm³/mol. The van der Waals surface area contributed by atoms with E-state index in [1.54, 1.807) is 0 Å². The zero-order valence-corrected chi connectivity index (χ0v) is 11.2. The second kappa shape index (κ2) is 8.53. The molecule has 16 heavy (non-hydrogen) atoms. The molecule has 4 nitrogen and oxygen atoms in total. The summed E-state index contributed by atoms with van der Waals surface area (Å²) in [6.07, 6.45) is 0.260. The van der Waals surface area contributed by atoms with E-state index in [4.69, 9.17) is 9.47 Å². The molecule has 0 aromatic carbocycles. The molecule has 4 heteroatoms. The highest BCUT2D eigenvalue weighted by Crippen LogP contribution is 2.01. The fourth-order valence-electron chi connectivity index (χ4n) is 1.36. The highest BCUT2D eigenvalue weighted by Gasteiger charge is 2.15. The summed E-state index contributed by atoms with van der Waals surface area (Å²) in [6.45, 7) is 10.4. The van der Waals surface area contributed by atoms with Crippen molar-refractivity contribution in [3.63, 3.8) is 0 Å². The van der Waals surface area contributed by atoms with Crippen LogP contribution in [0.4, 0.5) is 0 Å². The van der Waals surface area contributed by atoms with Crippen LogP contribution >= 0.6 is 0 Å². The van der Waals surface area contributed by atoms with E-state index in [0.29, 0.717) is 19.8 Å². The first kappa shape index (κ1) is 15.4. The first-order valence-electron chi connectivity index (χ1n) is 5.94. The Bertz CT molecular complexity index is 195. The number of esters is 1. The molecule has 0 N–H and O–H groups in total. The number of carbonyl (C=O) groups is 1. The second-order valence-corrected chi connectivity index (χ2v) is 4.33. The fraction of sp³-hybridized carbons (Fsp3) is 0.917. The van der Waals surface area contributed by atoms with Gasteiger partial charge in [-0.3, -0.25) is 4.79 Å². The predicted octanol–water partition coefficient (Wildman–Crippen LogP) is 1.54. The molecule has 0 saturated carbocycles. The normalized spacial score (nSPS) is 13.2. The SMILES string of the molecule is CCOC(=O)C(C)CN(C)CCOC(C)C. The number of hydrogen-bond donors (Lipinski definition) is 0. The minimum absolute atomic E-state index is 0.0796. The second-order valence-electron chi connectivity index (χ2n) is 4.33. The monoisotopic (exact) mass is 231 g/mol. The van der Waals surface area contributed by atoms with Gasteiger partial charge in [-0.1, -0.05) is 6.92 Å². The van der Waals surface area contributed by atoms with E-state index in [1.807, 2.05) is 34.7 Å². The summed E-state index contributed by atoms with van der Waals surface area (Å²) in [5.41, 5.74) is 0. The van der Waals surface area contributed by atoms with Crippen LogP contribution in [0.15, 0.2) is 0 Å². The Morgan fingerprint density at radius 1 is 1.31 bits per heavy atom. The maximum absolute atomic E-state index is 11.4.